The van der Waals surface area contributed by atoms with Crippen LogP contribution in [-0.2, 0) is 0 Å². The highest BCUT2D eigenvalue weighted by atomic mass is 16.3. The number of rotatable bonds is 6. The van der Waals surface area contributed by atoms with Gasteiger partial charge in [-0.1, -0.05) is 18.2 Å². The van der Waals surface area contributed by atoms with Crippen LogP contribution in [-0.4, -0.2) is 33.1 Å². The van der Waals surface area contributed by atoms with Crippen molar-refractivity contribution < 1.29 is 5.11 Å². The zero-order valence-corrected chi connectivity index (χ0v) is 12.2. The predicted octanol–water partition coefficient (Wildman–Crippen LogP) is 2.49. The molecule has 2 N–H and O–H groups in total. The first-order valence-corrected chi connectivity index (χ1v) is 7.42. The third-order valence-electron chi connectivity index (χ3n) is 4.15. The van der Waals surface area contributed by atoms with E-state index in [1.807, 2.05) is 18.3 Å². The summed E-state index contributed by atoms with van der Waals surface area (Å²) in [5.41, 5.74) is 0.930. The Balaban J connectivity index is 1.79. The van der Waals surface area contributed by atoms with Crippen molar-refractivity contribution in [3.8, 4) is 0 Å². The molecule has 0 bridgehead atoms. The van der Waals surface area contributed by atoms with Crippen LogP contribution >= 0.6 is 0 Å². The van der Waals surface area contributed by atoms with Crippen LogP contribution in [0.4, 0.5) is 0 Å². The minimum atomic E-state index is -0.229. The monoisotopic (exact) mass is 273 g/mol. The topological polar surface area (TPSA) is 50.1 Å². The molecule has 1 saturated carbocycles. The molecule has 0 spiro atoms. The van der Waals surface area contributed by atoms with E-state index in [0.29, 0.717) is 6.04 Å². The summed E-state index contributed by atoms with van der Waals surface area (Å²) >= 11 is 0. The van der Waals surface area contributed by atoms with Crippen LogP contribution in [0.15, 0.2) is 30.5 Å². The molecule has 0 radical (unpaired) electrons. The first-order valence-electron chi connectivity index (χ1n) is 7.42. The second-order valence-electron chi connectivity index (χ2n) is 6.34. The summed E-state index contributed by atoms with van der Waals surface area (Å²) in [6.07, 6.45) is 5.24. The van der Waals surface area contributed by atoms with Crippen molar-refractivity contribution in [2.24, 2.45) is 0 Å². The van der Waals surface area contributed by atoms with Crippen LogP contribution in [0.5, 0.6) is 0 Å². The lowest BCUT2D eigenvalue weighted by molar-refractivity contribution is 0.148. The summed E-state index contributed by atoms with van der Waals surface area (Å²) in [7, 11) is 0. The number of nitrogens with one attached hydrogen (secondary N) is 1. The van der Waals surface area contributed by atoms with E-state index in [1.165, 1.54) is 18.2 Å². The van der Waals surface area contributed by atoms with Gasteiger partial charge in [-0.3, -0.25) is 4.68 Å². The minimum Gasteiger partial charge on any atom is -0.394 e. The molecule has 1 heterocycles. The average molecular weight is 273 g/mol. The molecule has 2 atom stereocenters. The molecule has 0 amide bonds. The first-order chi connectivity index (χ1) is 9.61. The van der Waals surface area contributed by atoms with Gasteiger partial charge in [0.25, 0.3) is 0 Å². The Morgan fingerprint density at radius 2 is 2.20 bits per heavy atom. The van der Waals surface area contributed by atoms with E-state index >= 15 is 0 Å². The number of aromatic nitrogens is 2. The molecular formula is C16H23N3O. The molecule has 0 aliphatic heterocycles. The van der Waals surface area contributed by atoms with E-state index in [0.717, 1.165) is 11.9 Å². The SMILES string of the molecule is CC(CC(C)(CO)NC1CC1)n1ncc2ccccc21. The molecule has 1 aromatic carbocycles. The third kappa shape index (κ3) is 2.72. The molecule has 3 rings (SSSR count). The number of para-hydroxylation sites is 1. The molecule has 1 aromatic heterocycles. The van der Waals surface area contributed by atoms with Crippen LogP contribution in [0.2, 0.25) is 0 Å². The number of fused-ring (bicyclic) bond motifs is 1. The number of nitrogens with zero attached hydrogens (tertiary/aromatic N) is 2. The highest BCUT2D eigenvalue weighted by Crippen LogP contribution is 2.28. The second kappa shape index (κ2) is 5.19. The molecule has 2 aromatic rings. The highest BCUT2D eigenvalue weighted by molar-refractivity contribution is 5.78. The number of hydrogen-bond donors (Lipinski definition) is 2. The number of hydrogen-bond acceptors (Lipinski definition) is 3. The maximum absolute atomic E-state index is 9.73. The quantitative estimate of drug-likeness (QED) is 0.850. The van der Waals surface area contributed by atoms with Gasteiger partial charge in [-0.05, 0) is 39.2 Å². The number of aliphatic hydroxyl groups is 1. The number of benzene rings is 1. The van der Waals surface area contributed by atoms with Crippen molar-refractivity contribution in [2.75, 3.05) is 6.61 Å². The molecule has 2 unspecified atom stereocenters. The minimum absolute atomic E-state index is 0.160. The normalized spacial score (nSPS) is 19.9. The van der Waals surface area contributed by atoms with Crippen molar-refractivity contribution in [2.45, 2.75) is 50.7 Å². The first kappa shape index (κ1) is 13.6. The standard InChI is InChI=1S/C16H23N3O/c1-12(9-16(2,11-20)18-14-7-8-14)19-15-6-4-3-5-13(15)10-17-19/h3-6,10,12,14,18,20H,7-9,11H2,1-2H3. The van der Waals surface area contributed by atoms with Crippen LogP contribution in [0.3, 0.4) is 0 Å². The molecule has 4 nitrogen and oxygen atoms in total. The Morgan fingerprint density at radius 1 is 1.45 bits per heavy atom. The Kier molecular flexibility index (Phi) is 3.52. The van der Waals surface area contributed by atoms with Gasteiger partial charge in [-0.2, -0.15) is 5.10 Å². The van der Waals surface area contributed by atoms with Gasteiger partial charge in [-0.25, -0.2) is 0 Å². The average Bonchev–Trinajstić information content (AvgIpc) is 3.14. The highest BCUT2D eigenvalue weighted by Gasteiger charge is 2.33. The van der Waals surface area contributed by atoms with Crippen molar-refractivity contribution in [1.82, 2.24) is 15.1 Å². The van der Waals surface area contributed by atoms with E-state index in [4.69, 9.17) is 0 Å². The fourth-order valence-corrected chi connectivity index (χ4v) is 2.97. The van der Waals surface area contributed by atoms with Crippen LogP contribution < -0.4 is 5.32 Å². The van der Waals surface area contributed by atoms with Crippen molar-refractivity contribution in [1.29, 1.82) is 0 Å². The molecule has 1 aliphatic carbocycles. The van der Waals surface area contributed by atoms with Gasteiger partial charge >= 0.3 is 0 Å². The van der Waals surface area contributed by atoms with Gasteiger partial charge in [0, 0.05) is 17.0 Å². The molecule has 1 aliphatic rings. The zero-order chi connectivity index (χ0) is 14.2. The molecule has 0 saturated heterocycles. The van der Waals surface area contributed by atoms with Crippen LogP contribution in [0.1, 0.15) is 39.2 Å². The van der Waals surface area contributed by atoms with E-state index in [2.05, 4.69) is 41.1 Å². The molecule has 1 fully saturated rings. The van der Waals surface area contributed by atoms with E-state index < -0.39 is 0 Å². The van der Waals surface area contributed by atoms with Gasteiger partial charge in [0.15, 0.2) is 0 Å². The van der Waals surface area contributed by atoms with E-state index in [9.17, 15) is 5.11 Å². The Morgan fingerprint density at radius 3 is 2.90 bits per heavy atom. The van der Waals surface area contributed by atoms with Gasteiger partial charge in [0.05, 0.1) is 24.4 Å². The smallest absolute Gasteiger partial charge is 0.0685 e. The summed E-state index contributed by atoms with van der Waals surface area (Å²) in [5, 5.41) is 19.0. The summed E-state index contributed by atoms with van der Waals surface area (Å²) in [6, 6.07) is 9.10. The van der Waals surface area contributed by atoms with Crippen molar-refractivity contribution in [3.05, 3.63) is 30.5 Å². The van der Waals surface area contributed by atoms with Crippen molar-refractivity contribution in [3.63, 3.8) is 0 Å². The maximum atomic E-state index is 9.73. The summed E-state index contributed by atoms with van der Waals surface area (Å²) < 4.78 is 2.07. The lowest BCUT2D eigenvalue weighted by atomic mass is 9.94. The van der Waals surface area contributed by atoms with Gasteiger partial charge in [0.2, 0.25) is 0 Å². The van der Waals surface area contributed by atoms with E-state index in [-0.39, 0.29) is 18.2 Å². The molecule has 108 valence electrons. The summed E-state index contributed by atoms with van der Waals surface area (Å²) in [5.74, 6) is 0. The fourth-order valence-electron chi connectivity index (χ4n) is 2.97. The lowest BCUT2D eigenvalue weighted by Crippen LogP contribution is -2.48. The maximum Gasteiger partial charge on any atom is 0.0685 e. The zero-order valence-electron chi connectivity index (χ0n) is 12.2. The predicted molar refractivity (Wildman–Crippen MR) is 80.7 cm³/mol. The van der Waals surface area contributed by atoms with Gasteiger partial charge in [-0.15, -0.1) is 0 Å². The van der Waals surface area contributed by atoms with Crippen LogP contribution in [0.25, 0.3) is 10.9 Å². The van der Waals surface area contributed by atoms with Crippen LogP contribution in [0, 0.1) is 0 Å². The summed E-state index contributed by atoms with van der Waals surface area (Å²) in [4.78, 5) is 0. The third-order valence-corrected chi connectivity index (χ3v) is 4.15. The second-order valence-corrected chi connectivity index (χ2v) is 6.34. The molecule has 20 heavy (non-hydrogen) atoms. The summed E-state index contributed by atoms with van der Waals surface area (Å²) in [6.45, 7) is 4.43. The lowest BCUT2D eigenvalue weighted by Gasteiger charge is -2.32. The Bertz CT molecular complexity index is 590. The molecular weight excluding hydrogens is 250 g/mol. The van der Waals surface area contributed by atoms with Gasteiger partial charge in [0.1, 0.15) is 0 Å². The molecule has 4 heteroatoms. The Labute approximate surface area is 119 Å². The number of aliphatic hydroxyl groups excluding tert-OH is 1. The van der Waals surface area contributed by atoms with Gasteiger partial charge < -0.3 is 10.4 Å². The Hall–Kier alpha value is -1.39. The fraction of sp³-hybridized carbons (Fsp3) is 0.562. The van der Waals surface area contributed by atoms with Crippen molar-refractivity contribution >= 4 is 10.9 Å². The van der Waals surface area contributed by atoms with E-state index in [1.54, 1.807) is 0 Å². The largest absolute Gasteiger partial charge is 0.394 e.